The Morgan fingerprint density at radius 3 is 2.48 bits per heavy atom. The Bertz CT molecular complexity index is 1230. The van der Waals surface area contributed by atoms with E-state index in [4.69, 9.17) is 14.2 Å². The normalized spacial score (nSPS) is 15.1. The topological polar surface area (TPSA) is 68.1 Å². The highest BCUT2D eigenvalue weighted by Gasteiger charge is 2.33. The van der Waals surface area contributed by atoms with E-state index in [0.717, 1.165) is 29.7 Å². The van der Waals surface area contributed by atoms with Gasteiger partial charge < -0.3 is 14.2 Å². The minimum absolute atomic E-state index is 0.289. The van der Waals surface area contributed by atoms with Crippen molar-refractivity contribution in [1.82, 2.24) is 4.90 Å². The number of aryl methyl sites for hydroxylation is 2. The summed E-state index contributed by atoms with van der Waals surface area (Å²) in [6.45, 7) is 15.8. The van der Waals surface area contributed by atoms with Crippen LogP contribution in [0.15, 0.2) is 36.4 Å². The van der Waals surface area contributed by atoms with Crippen LogP contribution in [0.4, 0.5) is 9.18 Å². The second kappa shape index (κ2) is 13.9. The fourth-order valence-electron chi connectivity index (χ4n) is 4.58. The van der Waals surface area contributed by atoms with Crippen LogP contribution in [0, 0.1) is 12.7 Å². The van der Waals surface area contributed by atoms with E-state index in [2.05, 4.69) is 4.90 Å². The first-order valence-electron chi connectivity index (χ1n) is 14.2. The van der Waals surface area contributed by atoms with Gasteiger partial charge in [-0.1, -0.05) is 32.4 Å². The molecule has 2 aromatic rings. The van der Waals surface area contributed by atoms with Gasteiger partial charge >= 0.3 is 12.1 Å². The molecule has 1 atom stereocenters. The van der Waals surface area contributed by atoms with Gasteiger partial charge in [0.05, 0.1) is 25.3 Å². The molecule has 0 spiro atoms. The van der Waals surface area contributed by atoms with Crippen LogP contribution < -0.4 is 4.74 Å². The molecule has 0 radical (unpaired) electrons. The minimum Gasteiger partial charge on any atom is -0.484 e. The number of unbranched alkanes of at least 4 members (excludes halogenated alkanes) is 1. The van der Waals surface area contributed by atoms with Crippen LogP contribution in [0.3, 0.4) is 0 Å². The van der Waals surface area contributed by atoms with Gasteiger partial charge in [-0.05, 0) is 81.5 Å². The van der Waals surface area contributed by atoms with Gasteiger partial charge in [-0.25, -0.2) is 9.18 Å². The lowest BCUT2D eigenvalue weighted by molar-refractivity contribution is -0.458. The third-order valence-electron chi connectivity index (χ3n) is 6.85. The first kappa shape index (κ1) is 31.3. The Balaban J connectivity index is 1.82. The molecule has 8 heteroatoms. The van der Waals surface area contributed by atoms with E-state index in [1.807, 2.05) is 53.7 Å². The SMILES string of the molecule is CCCCOC(=O)c1ccc(OC(CN2CC[N+](C(=O)OC(C)(C)C)=C(C)C2)c2ccc(C)c(F)c2)cc1CC. The highest BCUT2D eigenvalue weighted by Crippen LogP contribution is 2.28. The van der Waals surface area contributed by atoms with E-state index in [-0.39, 0.29) is 17.9 Å². The monoisotopic (exact) mass is 555 g/mol. The van der Waals surface area contributed by atoms with E-state index in [1.165, 1.54) is 6.07 Å². The molecule has 0 saturated carbocycles. The van der Waals surface area contributed by atoms with Gasteiger partial charge in [0.25, 0.3) is 0 Å². The summed E-state index contributed by atoms with van der Waals surface area (Å²) >= 11 is 0. The van der Waals surface area contributed by atoms with Crippen molar-refractivity contribution in [3.05, 3.63) is 64.5 Å². The maximum atomic E-state index is 14.6. The van der Waals surface area contributed by atoms with Crippen LogP contribution in [0.5, 0.6) is 5.75 Å². The summed E-state index contributed by atoms with van der Waals surface area (Å²) in [6, 6.07) is 10.5. The molecule has 3 rings (SSSR count). The second-order valence-electron chi connectivity index (χ2n) is 11.4. The van der Waals surface area contributed by atoms with Crippen LogP contribution in [0.2, 0.25) is 0 Å². The summed E-state index contributed by atoms with van der Waals surface area (Å²) in [5, 5.41) is 0. The maximum Gasteiger partial charge on any atom is 0.596 e. The van der Waals surface area contributed by atoms with Crippen molar-refractivity contribution in [2.75, 3.05) is 32.8 Å². The molecular weight excluding hydrogens is 511 g/mol. The summed E-state index contributed by atoms with van der Waals surface area (Å²) in [6.07, 6.45) is 1.60. The minimum atomic E-state index is -0.567. The maximum absolute atomic E-state index is 14.6. The average molecular weight is 556 g/mol. The van der Waals surface area contributed by atoms with E-state index < -0.39 is 11.7 Å². The third kappa shape index (κ3) is 8.62. The second-order valence-corrected chi connectivity index (χ2v) is 11.4. The molecular formula is C32H44FN2O5+. The van der Waals surface area contributed by atoms with Crippen LogP contribution in [0.25, 0.3) is 0 Å². The predicted molar refractivity (Wildman–Crippen MR) is 154 cm³/mol. The van der Waals surface area contributed by atoms with Crippen molar-refractivity contribution in [3.63, 3.8) is 0 Å². The highest BCUT2D eigenvalue weighted by atomic mass is 19.1. The zero-order chi connectivity index (χ0) is 29.4. The molecule has 218 valence electrons. The number of carbonyl (C=O) groups excluding carboxylic acids is 2. The number of nitrogens with zero attached hydrogens (tertiary/aromatic N) is 2. The number of rotatable bonds is 10. The zero-order valence-corrected chi connectivity index (χ0v) is 25.0. The molecule has 7 nitrogen and oxygen atoms in total. The molecule has 0 fully saturated rings. The average Bonchev–Trinajstić information content (AvgIpc) is 2.89. The molecule has 1 aliphatic rings. The number of ether oxygens (including phenoxy) is 3. The van der Waals surface area contributed by atoms with E-state index in [9.17, 15) is 14.0 Å². The number of amides is 1. The van der Waals surface area contributed by atoms with Crippen molar-refractivity contribution in [3.8, 4) is 5.75 Å². The predicted octanol–water partition coefficient (Wildman–Crippen LogP) is 6.50. The molecule has 1 amide bonds. The van der Waals surface area contributed by atoms with Gasteiger partial charge in [0.1, 0.15) is 23.3 Å². The Labute approximate surface area is 237 Å². The Kier molecular flexibility index (Phi) is 10.9. The lowest BCUT2D eigenvalue weighted by atomic mass is 10.0. The molecule has 0 aromatic heterocycles. The molecule has 40 heavy (non-hydrogen) atoms. The van der Waals surface area contributed by atoms with E-state index in [0.29, 0.717) is 56.1 Å². The van der Waals surface area contributed by atoms with Gasteiger partial charge in [-0.15, -0.1) is 4.58 Å². The van der Waals surface area contributed by atoms with Crippen molar-refractivity contribution < 1.29 is 32.8 Å². The number of benzene rings is 2. The first-order chi connectivity index (χ1) is 18.9. The molecule has 0 N–H and O–H groups in total. The summed E-state index contributed by atoms with van der Waals surface area (Å²) < 4.78 is 33.7. The Morgan fingerprint density at radius 2 is 1.85 bits per heavy atom. The number of hydrogen-bond acceptors (Lipinski definition) is 6. The van der Waals surface area contributed by atoms with Crippen LogP contribution in [-0.2, 0) is 15.9 Å². The lowest BCUT2D eigenvalue weighted by Crippen LogP contribution is -2.48. The molecule has 1 unspecified atom stereocenters. The van der Waals surface area contributed by atoms with Gasteiger partial charge in [0.2, 0.25) is 0 Å². The van der Waals surface area contributed by atoms with Crippen molar-refractivity contribution in [2.24, 2.45) is 0 Å². The fraction of sp³-hybridized carbons (Fsp3) is 0.531. The zero-order valence-electron chi connectivity index (χ0n) is 25.0. The number of esters is 1. The smallest absolute Gasteiger partial charge is 0.484 e. The van der Waals surface area contributed by atoms with E-state index in [1.54, 1.807) is 29.7 Å². The third-order valence-corrected chi connectivity index (χ3v) is 6.85. The van der Waals surface area contributed by atoms with Crippen molar-refractivity contribution >= 4 is 17.8 Å². The van der Waals surface area contributed by atoms with Crippen molar-refractivity contribution in [2.45, 2.75) is 79.4 Å². The van der Waals surface area contributed by atoms with Gasteiger partial charge in [-0.3, -0.25) is 4.90 Å². The first-order valence-corrected chi connectivity index (χ1v) is 14.2. The van der Waals surface area contributed by atoms with E-state index >= 15 is 0 Å². The summed E-state index contributed by atoms with van der Waals surface area (Å²) in [5.74, 6) is -0.0214. The lowest BCUT2D eigenvalue weighted by Gasteiger charge is -2.30. The molecule has 1 aliphatic heterocycles. The standard InChI is InChI=1S/C32H44FN2O5/c1-8-10-17-38-30(36)27-14-13-26(18-24(27)9-2)39-29(25-12-11-22(3)28(33)19-25)21-34-15-16-35(23(4)20-34)31(37)40-32(5,6)7/h11-14,18-19,29H,8-10,15-17,20-21H2,1-7H3/q+1. The van der Waals surface area contributed by atoms with Crippen LogP contribution in [0.1, 0.15) is 87.5 Å². The van der Waals surface area contributed by atoms with Gasteiger partial charge in [0, 0.05) is 13.5 Å². The fourth-order valence-corrected chi connectivity index (χ4v) is 4.58. The van der Waals surface area contributed by atoms with Crippen molar-refractivity contribution in [1.29, 1.82) is 0 Å². The number of carbonyl (C=O) groups is 2. The van der Waals surface area contributed by atoms with Crippen LogP contribution in [-0.4, -0.2) is 65.6 Å². The largest absolute Gasteiger partial charge is 0.596 e. The van der Waals surface area contributed by atoms with Gasteiger partial charge in [-0.2, -0.15) is 4.79 Å². The highest BCUT2D eigenvalue weighted by molar-refractivity contribution is 5.91. The molecule has 1 heterocycles. The van der Waals surface area contributed by atoms with Crippen LogP contribution >= 0.6 is 0 Å². The number of hydrogen-bond donors (Lipinski definition) is 0. The molecule has 0 saturated heterocycles. The Hall–Kier alpha value is -3.26. The summed E-state index contributed by atoms with van der Waals surface area (Å²) in [7, 11) is 0. The quantitative estimate of drug-likeness (QED) is 0.189. The molecule has 0 aliphatic carbocycles. The molecule has 0 bridgehead atoms. The molecule has 2 aromatic carbocycles. The van der Waals surface area contributed by atoms with Gasteiger partial charge in [0.15, 0.2) is 12.3 Å². The summed E-state index contributed by atoms with van der Waals surface area (Å²) in [4.78, 5) is 27.5. The Morgan fingerprint density at radius 1 is 1.10 bits per heavy atom. The summed E-state index contributed by atoms with van der Waals surface area (Å²) in [5.41, 5.74) is 2.97. The number of halogens is 1.